The second kappa shape index (κ2) is 8.99. The molecule has 1 atom stereocenters. The van der Waals surface area contributed by atoms with Crippen molar-refractivity contribution in [1.82, 2.24) is 5.32 Å². The Bertz CT molecular complexity index is 757. The van der Waals surface area contributed by atoms with E-state index in [1.807, 2.05) is 0 Å². The molecule has 0 aromatic heterocycles. The van der Waals surface area contributed by atoms with Crippen molar-refractivity contribution in [1.29, 1.82) is 0 Å². The Balaban J connectivity index is 1.80. The number of esters is 1. The van der Waals surface area contributed by atoms with Crippen molar-refractivity contribution in [2.75, 3.05) is 0 Å². The van der Waals surface area contributed by atoms with Gasteiger partial charge < -0.3 is 10.1 Å². The van der Waals surface area contributed by atoms with Crippen LogP contribution < -0.4 is 5.32 Å². The molecule has 2 aromatic carbocycles. The minimum absolute atomic E-state index is 0.309. The Morgan fingerprint density at radius 3 is 2.44 bits per heavy atom. The Hall–Kier alpha value is -2.66. The van der Waals surface area contributed by atoms with E-state index in [1.54, 1.807) is 24.3 Å². The van der Waals surface area contributed by atoms with E-state index in [1.165, 1.54) is 43.3 Å². The van der Waals surface area contributed by atoms with E-state index in [9.17, 15) is 14.0 Å². The van der Waals surface area contributed by atoms with Crippen LogP contribution in [0.2, 0.25) is 5.02 Å². The van der Waals surface area contributed by atoms with Gasteiger partial charge >= 0.3 is 5.97 Å². The average Bonchev–Trinajstić information content (AvgIpc) is 2.60. The number of rotatable bonds is 6. The van der Waals surface area contributed by atoms with E-state index in [-0.39, 0.29) is 5.82 Å². The summed E-state index contributed by atoms with van der Waals surface area (Å²) < 4.78 is 17.8. The fourth-order valence-electron chi connectivity index (χ4n) is 1.94. The van der Waals surface area contributed by atoms with E-state index in [2.05, 4.69) is 5.32 Å². The molecule has 0 bridgehead atoms. The number of hydrogen-bond donors (Lipinski definition) is 1. The van der Waals surface area contributed by atoms with E-state index < -0.39 is 18.0 Å². The van der Waals surface area contributed by atoms with E-state index in [0.717, 1.165) is 5.56 Å². The molecule has 4 nitrogen and oxygen atoms in total. The molecule has 0 fully saturated rings. The van der Waals surface area contributed by atoms with Gasteiger partial charge in [-0.15, -0.1) is 0 Å². The van der Waals surface area contributed by atoms with Gasteiger partial charge in [0.15, 0.2) is 6.10 Å². The zero-order valence-corrected chi connectivity index (χ0v) is 14.3. The quantitative estimate of drug-likeness (QED) is 0.630. The molecule has 25 heavy (non-hydrogen) atoms. The van der Waals surface area contributed by atoms with E-state index >= 15 is 0 Å². The fourth-order valence-corrected chi connectivity index (χ4v) is 2.07. The number of carbonyl (C=O) groups excluding carboxylic acids is 2. The molecule has 0 aliphatic rings. The van der Waals surface area contributed by atoms with Crippen LogP contribution in [-0.4, -0.2) is 18.0 Å². The summed E-state index contributed by atoms with van der Waals surface area (Å²) in [5, 5.41) is 3.29. The molecule has 0 aliphatic heterocycles. The van der Waals surface area contributed by atoms with Crippen LogP contribution >= 0.6 is 11.6 Å². The zero-order chi connectivity index (χ0) is 18.2. The highest BCUT2D eigenvalue weighted by atomic mass is 35.5. The highest BCUT2D eigenvalue weighted by Crippen LogP contribution is 2.09. The van der Waals surface area contributed by atoms with Crippen LogP contribution in [0, 0.1) is 5.82 Å². The van der Waals surface area contributed by atoms with Crippen molar-refractivity contribution in [2.45, 2.75) is 19.6 Å². The first-order chi connectivity index (χ1) is 11.9. The predicted molar refractivity (Wildman–Crippen MR) is 94.3 cm³/mol. The summed E-state index contributed by atoms with van der Waals surface area (Å²) in [6, 6.07) is 12.7. The summed E-state index contributed by atoms with van der Waals surface area (Å²) in [7, 11) is 0. The lowest BCUT2D eigenvalue weighted by atomic mass is 10.2. The number of ether oxygens (including phenoxy) is 1. The van der Waals surface area contributed by atoms with Gasteiger partial charge in [-0.1, -0.05) is 35.9 Å². The average molecular weight is 362 g/mol. The fraction of sp³-hybridized carbons (Fsp3) is 0.158. The van der Waals surface area contributed by atoms with Crippen LogP contribution in [0.1, 0.15) is 18.1 Å². The molecule has 6 heteroatoms. The normalized spacial score (nSPS) is 12.0. The lowest BCUT2D eigenvalue weighted by molar-refractivity contribution is -0.150. The summed E-state index contributed by atoms with van der Waals surface area (Å²) in [5.41, 5.74) is 1.53. The van der Waals surface area contributed by atoms with E-state index in [4.69, 9.17) is 16.3 Å². The van der Waals surface area contributed by atoms with Gasteiger partial charge in [-0.3, -0.25) is 4.79 Å². The van der Waals surface area contributed by atoms with Gasteiger partial charge in [0.2, 0.25) is 0 Å². The minimum Gasteiger partial charge on any atom is -0.449 e. The van der Waals surface area contributed by atoms with Crippen LogP contribution in [0.4, 0.5) is 4.39 Å². The molecular formula is C19H17ClFNO3. The summed E-state index contributed by atoms with van der Waals surface area (Å²) in [4.78, 5) is 23.7. The maximum absolute atomic E-state index is 12.8. The molecule has 130 valence electrons. The monoisotopic (exact) mass is 361 g/mol. The second-order valence-electron chi connectivity index (χ2n) is 5.31. The maximum Gasteiger partial charge on any atom is 0.331 e. The molecule has 0 spiro atoms. The van der Waals surface area contributed by atoms with Crippen molar-refractivity contribution in [3.8, 4) is 0 Å². The molecule has 0 saturated carbocycles. The van der Waals surface area contributed by atoms with Gasteiger partial charge in [-0.2, -0.15) is 0 Å². The van der Waals surface area contributed by atoms with Crippen LogP contribution in [0.5, 0.6) is 0 Å². The third kappa shape index (κ3) is 6.39. The molecule has 0 saturated heterocycles. The summed E-state index contributed by atoms with van der Waals surface area (Å²) >= 11 is 5.79. The first kappa shape index (κ1) is 18.7. The molecule has 0 aliphatic carbocycles. The van der Waals surface area contributed by atoms with Crippen molar-refractivity contribution in [2.24, 2.45) is 0 Å². The summed E-state index contributed by atoms with van der Waals surface area (Å²) in [6.07, 6.45) is 1.74. The minimum atomic E-state index is -0.933. The lowest BCUT2D eigenvalue weighted by Crippen LogP contribution is -2.35. The first-order valence-corrected chi connectivity index (χ1v) is 7.98. The smallest absolute Gasteiger partial charge is 0.331 e. The molecule has 1 unspecified atom stereocenters. The number of carbonyl (C=O) groups is 2. The van der Waals surface area contributed by atoms with Gasteiger partial charge in [0.05, 0.1) is 0 Å². The van der Waals surface area contributed by atoms with Gasteiger partial charge in [-0.25, -0.2) is 9.18 Å². The van der Waals surface area contributed by atoms with Gasteiger partial charge in [-0.05, 0) is 48.4 Å². The van der Waals surface area contributed by atoms with E-state index in [0.29, 0.717) is 17.1 Å². The Morgan fingerprint density at radius 1 is 1.16 bits per heavy atom. The van der Waals surface area contributed by atoms with Crippen LogP contribution in [0.25, 0.3) is 6.08 Å². The van der Waals surface area contributed by atoms with Gasteiger partial charge in [0, 0.05) is 17.6 Å². The maximum atomic E-state index is 12.8. The van der Waals surface area contributed by atoms with Crippen LogP contribution in [0.3, 0.4) is 0 Å². The lowest BCUT2D eigenvalue weighted by Gasteiger charge is -2.12. The zero-order valence-electron chi connectivity index (χ0n) is 13.5. The van der Waals surface area contributed by atoms with Crippen LogP contribution in [-0.2, 0) is 20.9 Å². The number of hydrogen-bond acceptors (Lipinski definition) is 3. The third-order valence-corrected chi connectivity index (χ3v) is 3.58. The van der Waals surface area contributed by atoms with Crippen molar-refractivity contribution in [3.63, 3.8) is 0 Å². The Labute approximate surface area is 150 Å². The SMILES string of the molecule is CC(OC(=O)/C=C/c1ccc(F)cc1)C(=O)NCc1ccc(Cl)cc1. The van der Waals surface area contributed by atoms with Crippen molar-refractivity contribution < 1.29 is 18.7 Å². The predicted octanol–water partition coefficient (Wildman–Crippen LogP) is 3.74. The Kier molecular flexibility index (Phi) is 6.71. The molecular weight excluding hydrogens is 345 g/mol. The molecule has 0 heterocycles. The standard InChI is InChI=1S/C19H17ClFNO3/c1-13(19(24)22-12-15-2-7-16(20)8-3-15)25-18(23)11-6-14-4-9-17(21)10-5-14/h2-11,13H,12H2,1H3,(H,22,24)/b11-6+. The topological polar surface area (TPSA) is 55.4 Å². The van der Waals surface area contributed by atoms with Gasteiger partial charge in [0.25, 0.3) is 5.91 Å². The number of benzene rings is 2. The number of amides is 1. The largest absolute Gasteiger partial charge is 0.449 e. The second-order valence-corrected chi connectivity index (χ2v) is 5.74. The first-order valence-electron chi connectivity index (χ1n) is 7.60. The highest BCUT2D eigenvalue weighted by Gasteiger charge is 2.16. The van der Waals surface area contributed by atoms with Gasteiger partial charge in [0.1, 0.15) is 5.82 Å². The third-order valence-electron chi connectivity index (χ3n) is 3.32. The summed E-state index contributed by atoms with van der Waals surface area (Å²) in [6.45, 7) is 1.80. The van der Waals surface area contributed by atoms with Crippen molar-refractivity contribution >= 4 is 29.6 Å². The number of nitrogens with one attached hydrogen (secondary N) is 1. The number of halogens is 2. The molecule has 1 N–H and O–H groups in total. The van der Waals surface area contributed by atoms with Crippen LogP contribution in [0.15, 0.2) is 54.6 Å². The summed E-state index contributed by atoms with van der Waals surface area (Å²) in [5.74, 6) is -1.41. The Morgan fingerprint density at radius 2 is 1.80 bits per heavy atom. The molecule has 2 rings (SSSR count). The van der Waals surface area contributed by atoms with Crippen molar-refractivity contribution in [3.05, 3.63) is 76.6 Å². The molecule has 2 aromatic rings. The molecule has 1 amide bonds. The highest BCUT2D eigenvalue weighted by molar-refractivity contribution is 6.30. The molecule has 0 radical (unpaired) electrons.